The van der Waals surface area contributed by atoms with Gasteiger partial charge in [-0.2, -0.15) is 0 Å². The Morgan fingerprint density at radius 2 is 0.875 bits per heavy atom. The first-order valence-corrected chi connectivity index (χ1v) is 0.765. The average molecular weight is 128 g/mol. The van der Waals surface area contributed by atoms with E-state index in [0.29, 0.717) is 0 Å². The van der Waals surface area contributed by atoms with Gasteiger partial charge in [-0.15, -0.1) is 9.81 Å². The standard InChI is InChI=1S/2HNO2.2H3N/c2*2-1-3;;/h2*(H,2,3);2*1H3. The van der Waals surface area contributed by atoms with Crippen LogP contribution in [0.25, 0.3) is 0 Å². The van der Waals surface area contributed by atoms with Gasteiger partial charge in [0.15, 0.2) is 10.7 Å². The van der Waals surface area contributed by atoms with E-state index in [9.17, 15) is 0 Å². The molecule has 0 aromatic heterocycles. The van der Waals surface area contributed by atoms with Gasteiger partial charge in [-0.1, -0.05) is 0 Å². The van der Waals surface area contributed by atoms with Crippen molar-refractivity contribution < 1.29 is 10.4 Å². The zero-order chi connectivity index (χ0) is 5.41. The van der Waals surface area contributed by atoms with E-state index in [-0.39, 0.29) is 12.3 Å². The van der Waals surface area contributed by atoms with Gasteiger partial charge in [-0.05, 0) is 0 Å². The molecular weight excluding hydrogens is 120 g/mol. The highest BCUT2D eigenvalue weighted by Gasteiger charge is 1.18. The maximum Gasteiger partial charge on any atom is 0.152 e. The van der Waals surface area contributed by atoms with E-state index in [0.717, 1.165) is 0 Å². The number of hydrogen-bond donors (Lipinski definition) is 4. The topological polar surface area (TPSA) is 169 Å². The Kier molecular flexibility index (Phi) is 913. The highest BCUT2D eigenvalue weighted by Crippen LogP contribution is 1.25. The Morgan fingerprint density at radius 1 is 0.875 bits per heavy atom. The third-order valence-corrected chi connectivity index (χ3v) is 0. The summed E-state index contributed by atoms with van der Waals surface area (Å²) in [5.74, 6) is 0. The smallest absolute Gasteiger partial charge is 0.152 e. The first-order chi connectivity index (χ1) is 2.83. The van der Waals surface area contributed by atoms with Crippen molar-refractivity contribution in [3.63, 3.8) is 0 Å². The maximum absolute atomic E-state index is 8.11. The van der Waals surface area contributed by atoms with E-state index in [1.54, 1.807) is 0 Å². The molecule has 0 atom stereocenters. The van der Waals surface area contributed by atoms with Crippen molar-refractivity contribution in [2.75, 3.05) is 0 Å². The van der Waals surface area contributed by atoms with Crippen molar-refractivity contribution in [2.45, 2.75) is 0 Å². The van der Waals surface area contributed by atoms with E-state index in [2.05, 4.69) is 0 Å². The summed E-state index contributed by atoms with van der Waals surface area (Å²) in [7, 11) is 0. The van der Waals surface area contributed by atoms with Gasteiger partial charge in [0.1, 0.15) is 0 Å². The highest BCUT2D eigenvalue weighted by atomic mass is 16.6. The molecule has 52 valence electrons. The molecule has 0 unspecified atom stereocenters. The molecule has 0 amide bonds. The van der Waals surface area contributed by atoms with Crippen molar-refractivity contribution in [1.29, 1.82) is 0 Å². The second-order valence-corrected chi connectivity index (χ2v) is 0.163. The molecule has 0 aliphatic rings. The Balaban J connectivity index is -0.0000000160. The van der Waals surface area contributed by atoms with E-state index >= 15 is 0 Å². The molecule has 0 saturated heterocycles. The zero-order valence-electron chi connectivity index (χ0n) is 4.02. The van der Waals surface area contributed by atoms with Crippen LogP contribution in [0.1, 0.15) is 0 Å². The summed E-state index contributed by atoms with van der Waals surface area (Å²) in [4.78, 5) is 16.2. The van der Waals surface area contributed by atoms with Crippen LogP contribution in [0.5, 0.6) is 0 Å². The fraction of sp³-hybridized carbons (Fsp3) is 0. The van der Waals surface area contributed by atoms with Crippen LogP contribution in [0.15, 0.2) is 10.7 Å². The molecule has 8 heteroatoms. The summed E-state index contributed by atoms with van der Waals surface area (Å²) in [5.41, 5.74) is 0. The quantitative estimate of drug-likeness (QED) is 0.275. The first kappa shape index (κ1) is 29.7. The van der Waals surface area contributed by atoms with E-state index < -0.39 is 0 Å². The van der Waals surface area contributed by atoms with E-state index in [4.69, 9.17) is 20.2 Å². The minimum Gasteiger partial charge on any atom is -0.379 e. The second-order valence-electron chi connectivity index (χ2n) is 0.163. The Labute approximate surface area is 44.5 Å². The lowest BCUT2D eigenvalue weighted by Crippen LogP contribution is -1.25. The highest BCUT2D eigenvalue weighted by molar-refractivity contribution is 3.84. The van der Waals surface area contributed by atoms with E-state index in [1.165, 1.54) is 10.7 Å². The molecule has 8 heavy (non-hydrogen) atoms. The average Bonchev–Trinajstić information content (AvgIpc) is 1.39. The lowest BCUT2D eigenvalue weighted by molar-refractivity contribution is 0.312. The summed E-state index contributed by atoms with van der Waals surface area (Å²) in [6, 6.07) is 0. The van der Waals surface area contributed by atoms with Crippen molar-refractivity contribution in [3.05, 3.63) is 9.81 Å². The van der Waals surface area contributed by atoms with E-state index in [1.807, 2.05) is 0 Å². The lowest BCUT2D eigenvalue weighted by atomic mass is 13.4. The minimum absolute atomic E-state index is 0. The van der Waals surface area contributed by atoms with Crippen molar-refractivity contribution >= 4 is 0 Å². The molecule has 0 aromatic carbocycles. The largest absolute Gasteiger partial charge is 0.379 e. The van der Waals surface area contributed by atoms with Crippen LogP contribution >= 0.6 is 0 Å². The van der Waals surface area contributed by atoms with Crippen LogP contribution in [-0.2, 0) is 0 Å². The van der Waals surface area contributed by atoms with Gasteiger partial charge in [0.25, 0.3) is 0 Å². The first-order valence-electron chi connectivity index (χ1n) is 0.765. The van der Waals surface area contributed by atoms with Crippen molar-refractivity contribution in [1.82, 2.24) is 12.3 Å². The summed E-state index contributed by atoms with van der Waals surface area (Å²) in [6.07, 6.45) is 0. The molecular formula is H8N4O4. The van der Waals surface area contributed by atoms with Crippen LogP contribution in [0, 0.1) is 9.81 Å². The minimum atomic E-state index is 0. The van der Waals surface area contributed by atoms with Crippen LogP contribution in [0.3, 0.4) is 0 Å². The van der Waals surface area contributed by atoms with Crippen molar-refractivity contribution in [2.24, 2.45) is 10.7 Å². The third-order valence-electron chi connectivity index (χ3n) is 0. The molecule has 0 heterocycles. The molecule has 0 saturated carbocycles. The number of rotatable bonds is 0. The summed E-state index contributed by atoms with van der Waals surface area (Å²) in [5, 5.41) is 15.8. The summed E-state index contributed by atoms with van der Waals surface area (Å²) < 4.78 is 0. The Hall–Kier alpha value is -1.28. The molecule has 0 spiro atoms. The van der Waals surface area contributed by atoms with Gasteiger partial charge in [-0.25, -0.2) is 0 Å². The van der Waals surface area contributed by atoms with Gasteiger partial charge >= 0.3 is 0 Å². The van der Waals surface area contributed by atoms with Gasteiger partial charge in [-0.3, -0.25) is 0 Å². The Bertz CT molecular complexity index is 29.0. The van der Waals surface area contributed by atoms with Gasteiger partial charge < -0.3 is 22.7 Å². The molecule has 0 fully saturated rings. The number of nitrogens with zero attached hydrogens (tertiary/aromatic N) is 2. The van der Waals surface area contributed by atoms with Gasteiger partial charge in [0.2, 0.25) is 0 Å². The molecule has 0 aliphatic heterocycles. The third kappa shape index (κ3) is 39.9. The molecule has 8 N–H and O–H groups in total. The van der Waals surface area contributed by atoms with Gasteiger partial charge in [0.05, 0.1) is 0 Å². The zero-order valence-corrected chi connectivity index (χ0v) is 4.02. The number of hydrogen-bond acceptors (Lipinski definition) is 6. The molecule has 0 rings (SSSR count). The normalized spacial score (nSPS) is 3.00. The molecule has 0 radical (unpaired) electrons. The fourth-order valence-corrected chi connectivity index (χ4v) is 0. The molecule has 0 aromatic rings. The summed E-state index contributed by atoms with van der Waals surface area (Å²) >= 11 is 0. The predicted octanol–water partition coefficient (Wildman–Crippen LogP) is 0.608. The van der Waals surface area contributed by atoms with Crippen LogP contribution in [0.4, 0.5) is 0 Å². The summed E-state index contributed by atoms with van der Waals surface area (Å²) in [6.45, 7) is 0. The molecule has 8 nitrogen and oxygen atoms in total. The fourth-order valence-electron chi connectivity index (χ4n) is 0. The molecule has 0 bridgehead atoms. The SMILES string of the molecule is N.N.O=NO.O=NO. The molecule has 0 aliphatic carbocycles. The van der Waals surface area contributed by atoms with Crippen LogP contribution in [0.2, 0.25) is 0 Å². The monoisotopic (exact) mass is 128 g/mol. The van der Waals surface area contributed by atoms with Crippen LogP contribution < -0.4 is 12.3 Å². The van der Waals surface area contributed by atoms with Gasteiger partial charge in [0, 0.05) is 0 Å². The lowest BCUT2D eigenvalue weighted by Gasteiger charge is -1.32. The maximum atomic E-state index is 8.11. The van der Waals surface area contributed by atoms with Crippen molar-refractivity contribution in [3.8, 4) is 0 Å². The predicted molar refractivity (Wildman–Crippen MR) is 25.2 cm³/mol. The Morgan fingerprint density at radius 3 is 0.875 bits per heavy atom. The van der Waals surface area contributed by atoms with Crippen LogP contribution in [-0.4, -0.2) is 10.4 Å². The second kappa shape index (κ2) is 246.